The molecule has 0 aliphatic heterocycles. The summed E-state index contributed by atoms with van der Waals surface area (Å²) in [4.78, 5) is 4.35. The molecule has 0 aliphatic rings. The highest BCUT2D eigenvalue weighted by Gasteiger charge is 2.27. The summed E-state index contributed by atoms with van der Waals surface area (Å²) in [5.74, 6) is 0. The number of nitrogens with one attached hydrogen (secondary N) is 1. The first kappa shape index (κ1) is 16.8. The molecular weight excluding hydrogens is 278 g/mol. The van der Waals surface area contributed by atoms with Crippen molar-refractivity contribution in [2.45, 2.75) is 44.9 Å². The Kier molecular flexibility index (Phi) is 5.67. The largest absolute Gasteiger partial charge is 0.315 e. The molecule has 1 N–H and O–H groups in total. The number of aromatic nitrogens is 1. The molecule has 1 heterocycles. The van der Waals surface area contributed by atoms with Crippen molar-refractivity contribution in [3.63, 3.8) is 0 Å². The van der Waals surface area contributed by atoms with Crippen molar-refractivity contribution in [2.24, 2.45) is 5.41 Å². The maximum absolute atomic E-state index is 12.5. The molecule has 2 atom stereocenters. The van der Waals surface area contributed by atoms with E-state index in [1.807, 2.05) is 32.2 Å². The van der Waals surface area contributed by atoms with Crippen LogP contribution in [0.5, 0.6) is 0 Å². The molecule has 1 aromatic heterocycles. The van der Waals surface area contributed by atoms with Gasteiger partial charge in [-0.2, -0.15) is 0 Å². The standard InChI is InChI=1S/C13H25N3OS2/c1-9-12(18-10(2)15-9)19(17)16(7)8-11(14-6)13(3,4)5/h11,14H,8H2,1-7H3. The van der Waals surface area contributed by atoms with E-state index in [-0.39, 0.29) is 11.5 Å². The van der Waals surface area contributed by atoms with Gasteiger partial charge in [0.05, 0.1) is 10.7 Å². The van der Waals surface area contributed by atoms with Crippen LogP contribution in [0.3, 0.4) is 0 Å². The monoisotopic (exact) mass is 303 g/mol. The lowest BCUT2D eigenvalue weighted by molar-refractivity contribution is 0.249. The molecule has 4 nitrogen and oxygen atoms in total. The number of rotatable bonds is 5. The van der Waals surface area contributed by atoms with E-state index in [0.717, 1.165) is 21.5 Å². The van der Waals surface area contributed by atoms with E-state index in [1.54, 1.807) is 0 Å². The van der Waals surface area contributed by atoms with Crippen LogP contribution in [0.25, 0.3) is 0 Å². The SMILES string of the molecule is CNC(CN(C)S(=O)c1sc(C)nc1C)C(C)(C)C. The van der Waals surface area contributed by atoms with Gasteiger partial charge in [-0.3, -0.25) is 0 Å². The second-order valence-electron chi connectivity index (χ2n) is 5.87. The second-order valence-corrected chi connectivity index (χ2v) is 8.86. The van der Waals surface area contributed by atoms with Gasteiger partial charge < -0.3 is 5.32 Å². The maximum Gasteiger partial charge on any atom is 0.139 e. The van der Waals surface area contributed by atoms with Crippen molar-refractivity contribution >= 4 is 22.3 Å². The van der Waals surface area contributed by atoms with Gasteiger partial charge in [0.2, 0.25) is 0 Å². The summed E-state index contributed by atoms with van der Waals surface area (Å²) in [6.45, 7) is 11.2. The molecule has 0 bridgehead atoms. The van der Waals surface area contributed by atoms with Crippen molar-refractivity contribution in [3.05, 3.63) is 10.7 Å². The lowest BCUT2D eigenvalue weighted by Gasteiger charge is -2.33. The fraction of sp³-hybridized carbons (Fsp3) is 0.769. The first-order chi connectivity index (χ1) is 8.66. The third-order valence-electron chi connectivity index (χ3n) is 3.14. The summed E-state index contributed by atoms with van der Waals surface area (Å²) in [6.07, 6.45) is 0. The third-order valence-corrected chi connectivity index (χ3v) is 6.01. The molecule has 0 fully saturated rings. The van der Waals surface area contributed by atoms with Crippen molar-refractivity contribution in [2.75, 3.05) is 20.6 Å². The minimum atomic E-state index is -1.13. The van der Waals surface area contributed by atoms with E-state index in [0.29, 0.717) is 0 Å². The molecule has 19 heavy (non-hydrogen) atoms. The first-order valence-electron chi connectivity index (χ1n) is 6.41. The second kappa shape index (κ2) is 6.43. The van der Waals surface area contributed by atoms with E-state index in [2.05, 4.69) is 31.1 Å². The van der Waals surface area contributed by atoms with E-state index < -0.39 is 11.0 Å². The lowest BCUT2D eigenvalue weighted by Crippen LogP contribution is -2.46. The Hall–Kier alpha value is -0.300. The topological polar surface area (TPSA) is 45.2 Å². The van der Waals surface area contributed by atoms with Crippen molar-refractivity contribution < 1.29 is 4.21 Å². The van der Waals surface area contributed by atoms with Crippen LogP contribution in [0.15, 0.2) is 4.21 Å². The highest BCUT2D eigenvalue weighted by Crippen LogP contribution is 2.25. The Morgan fingerprint density at radius 3 is 2.37 bits per heavy atom. The fourth-order valence-corrected chi connectivity index (χ4v) is 4.48. The van der Waals surface area contributed by atoms with Gasteiger partial charge in [-0.1, -0.05) is 20.8 Å². The van der Waals surface area contributed by atoms with Gasteiger partial charge in [0.25, 0.3) is 0 Å². The summed E-state index contributed by atoms with van der Waals surface area (Å²) in [6, 6.07) is 0.288. The average molecular weight is 303 g/mol. The van der Waals surface area contributed by atoms with E-state index in [9.17, 15) is 4.21 Å². The third kappa shape index (κ3) is 4.34. The highest BCUT2D eigenvalue weighted by molar-refractivity contribution is 7.85. The number of likely N-dealkylation sites (N-methyl/N-ethyl adjacent to an activating group) is 2. The molecule has 1 rings (SSSR count). The van der Waals surface area contributed by atoms with Gasteiger partial charge in [0, 0.05) is 19.6 Å². The zero-order valence-corrected chi connectivity index (χ0v) is 14.5. The van der Waals surface area contributed by atoms with Crippen LogP contribution in [0.4, 0.5) is 0 Å². The van der Waals surface area contributed by atoms with Crippen LogP contribution in [0.1, 0.15) is 31.5 Å². The van der Waals surface area contributed by atoms with Gasteiger partial charge in [-0.15, -0.1) is 11.3 Å². The van der Waals surface area contributed by atoms with Crippen molar-refractivity contribution in [1.82, 2.24) is 14.6 Å². The highest BCUT2D eigenvalue weighted by atomic mass is 32.2. The van der Waals surface area contributed by atoms with E-state index in [1.165, 1.54) is 11.3 Å². The molecular formula is C13H25N3OS2. The molecule has 2 unspecified atom stereocenters. The Labute approximate surface area is 123 Å². The molecule has 6 heteroatoms. The van der Waals surface area contributed by atoms with Crippen LogP contribution in [0, 0.1) is 19.3 Å². The minimum absolute atomic E-state index is 0.131. The molecule has 0 aromatic carbocycles. The molecule has 110 valence electrons. The normalized spacial score (nSPS) is 15.8. The molecule has 0 aliphatic carbocycles. The van der Waals surface area contributed by atoms with Crippen LogP contribution >= 0.6 is 11.3 Å². The maximum atomic E-state index is 12.5. The summed E-state index contributed by atoms with van der Waals surface area (Å²) in [5, 5.41) is 4.28. The fourth-order valence-electron chi connectivity index (χ4n) is 1.94. The van der Waals surface area contributed by atoms with Gasteiger partial charge in [0.1, 0.15) is 15.2 Å². The summed E-state index contributed by atoms with van der Waals surface area (Å²) in [7, 11) is 2.73. The number of nitrogens with zero attached hydrogens (tertiary/aromatic N) is 2. The Bertz CT molecular complexity index is 451. The van der Waals surface area contributed by atoms with E-state index >= 15 is 0 Å². The summed E-state index contributed by atoms with van der Waals surface area (Å²) in [5.41, 5.74) is 1.01. The molecule has 0 saturated heterocycles. The number of thiazole rings is 1. The Morgan fingerprint density at radius 1 is 1.42 bits per heavy atom. The van der Waals surface area contributed by atoms with E-state index in [4.69, 9.17) is 0 Å². The first-order valence-corrected chi connectivity index (χ1v) is 8.33. The van der Waals surface area contributed by atoms with Crippen LogP contribution in [-0.2, 0) is 11.0 Å². The Balaban J connectivity index is 2.81. The van der Waals surface area contributed by atoms with Gasteiger partial charge in [0.15, 0.2) is 0 Å². The van der Waals surface area contributed by atoms with Gasteiger partial charge in [-0.25, -0.2) is 13.5 Å². The van der Waals surface area contributed by atoms with Gasteiger partial charge >= 0.3 is 0 Å². The number of hydrogen-bond donors (Lipinski definition) is 1. The van der Waals surface area contributed by atoms with Crippen LogP contribution < -0.4 is 5.32 Å². The predicted octanol–water partition coefficient (Wildman–Crippen LogP) is 2.35. The van der Waals surface area contributed by atoms with Crippen LogP contribution in [0.2, 0.25) is 0 Å². The smallest absolute Gasteiger partial charge is 0.139 e. The summed E-state index contributed by atoms with van der Waals surface area (Å²) >= 11 is 1.52. The zero-order valence-electron chi connectivity index (χ0n) is 12.9. The quantitative estimate of drug-likeness (QED) is 0.908. The molecule has 0 saturated carbocycles. The average Bonchev–Trinajstić information content (AvgIpc) is 2.62. The molecule has 0 radical (unpaired) electrons. The predicted molar refractivity (Wildman–Crippen MR) is 82.9 cm³/mol. The van der Waals surface area contributed by atoms with Crippen LogP contribution in [-0.4, -0.2) is 40.2 Å². The molecule has 0 spiro atoms. The zero-order chi connectivity index (χ0) is 14.8. The number of hydrogen-bond acceptors (Lipinski definition) is 4. The minimum Gasteiger partial charge on any atom is -0.315 e. The molecule has 0 amide bonds. The Morgan fingerprint density at radius 2 is 2.00 bits per heavy atom. The summed E-state index contributed by atoms with van der Waals surface area (Å²) < 4.78 is 15.3. The van der Waals surface area contributed by atoms with Crippen molar-refractivity contribution in [3.8, 4) is 0 Å². The van der Waals surface area contributed by atoms with Gasteiger partial charge in [-0.05, 0) is 26.3 Å². The lowest BCUT2D eigenvalue weighted by atomic mass is 9.87. The molecule has 1 aromatic rings. The number of aryl methyl sites for hydroxylation is 2. The van der Waals surface area contributed by atoms with Crippen molar-refractivity contribution in [1.29, 1.82) is 0 Å².